The zero-order valence-electron chi connectivity index (χ0n) is 12.7. The average Bonchev–Trinajstić information content (AvgIpc) is 3.10. The topological polar surface area (TPSA) is 86.7 Å². The van der Waals surface area contributed by atoms with E-state index in [4.69, 9.17) is 0 Å². The molecule has 2 amide bonds. The monoisotopic (exact) mass is 306 g/mol. The van der Waals surface area contributed by atoms with Crippen LogP contribution in [0.15, 0.2) is 12.2 Å². The molecule has 6 heteroatoms. The summed E-state index contributed by atoms with van der Waals surface area (Å²) in [5.41, 5.74) is -1.38. The van der Waals surface area contributed by atoms with Crippen LogP contribution in [0.3, 0.4) is 0 Å². The van der Waals surface area contributed by atoms with Gasteiger partial charge in [0.05, 0.1) is 6.04 Å². The highest BCUT2D eigenvalue weighted by molar-refractivity contribution is 6.02. The summed E-state index contributed by atoms with van der Waals surface area (Å²) in [6.07, 6.45) is 6.09. The fraction of sp³-hybridized carbons (Fsp3) is 0.688. The standard InChI is InChI=1S/C16H22N2O4/c1-10-7-12(10)18-9-11(8-13(18)19)17-14(20)16(15(21)22)5-3-2-4-6-16/h2-3,10-12H,4-9H2,1H3,(H,17,20)(H,21,22). The third-order valence-electron chi connectivity index (χ3n) is 5.18. The van der Waals surface area contributed by atoms with Crippen LogP contribution in [0, 0.1) is 11.3 Å². The van der Waals surface area contributed by atoms with Gasteiger partial charge in [-0.15, -0.1) is 0 Å². The maximum atomic E-state index is 12.5. The number of allylic oxidation sites excluding steroid dienone is 2. The highest BCUT2D eigenvalue weighted by Gasteiger charge is 2.49. The lowest BCUT2D eigenvalue weighted by molar-refractivity contribution is -0.156. The molecule has 0 aromatic rings. The summed E-state index contributed by atoms with van der Waals surface area (Å²) in [5.74, 6) is -0.931. The summed E-state index contributed by atoms with van der Waals surface area (Å²) in [5, 5.41) is 12.3. The van der Waals surface area contributed by atoms with Crippen LogP contribution in [0.2, 0.25) is 0 Å². The second-order valence-electron chi connectivity index (χ2n) is 6.80. The molecule has 1 heterocycles. The Kier molecular flexibility index (Phi) is 3.70. The van der Waals surface area contributed by atoms with Gasteiger partial charge in [-0.2, -0.15) is 0 Å². The molecule has 1 saturated carbocycles. The number of hydrogen-bond donors (Lipinski definition) is 2. The number of carbonyl (C=O) groups is 3. The molecule has 1 saturated heterocycles. The van der Waals surface area contributed by atoms with Crippen molar-refractivity contribution in [1.82, 2.24) is 10.2 Å². The van der Waals surface area contributed by atoms with Crippen molar-refractivity contribution in [3.8, 4) is 0 Å². The van der Waals surface area contributed by atoms with Gasteiger partial charge in [0.15, 0.2) is 0 Å². The summed E-state index contributed by atoms with van der Waals surface area (Å²) in [4.78, 5) is 38.0. The van der Waals surface area contributed by atoms with Crippen LogP contribution in [0.5, 0.6) is 0 Å². The first-order valence-electron chi connectivity index (χ1n) is 7.93. The summed E-state index contributed by atoms with van der Waals surface area (Å²) in [6.45, 7) is 2.61. The van der Waals surface area contributed by atoms with E-state index in [1.807, 2.05) is 11.0 Å². The smallest absolute Gasteiger partial charge is 0.319 e. The molecular formula is C16H22N2O4. The van der Waals surface area contributed by atoms with Gasteiger partial charge in [-0.25, -0.2) is 0 Å². The van der Waals surface area contributed by atoms with Gasteiger partial charge in [0.2, 0.25) is 11.8 Å². The van der Waals surface area contributed by atoms with Crippen molar-refractivity contribution in [2.75, 3.05) is 6.54 Å². The maximum absolute atomic E-state index is 12.5. The number of amides is 2. The van der Waals surface area contributed by atoms with Crippen LogP contribution in [0.1, 0.15) is 39.0 Å². The molecular weight excluding hydrogens is 284 g/mol. The molecule has 120 valence electrons. The number of aliphatic carboxylic acids is 1. The van der Waals surface area contributed by atoms with Crippen molar-refractivity contribution in [3.05, 3.63) is 12.2 Å². The Morgan fingerprint density at radius 1 is 1.41 bits per heavy atom. The fourth-order valence-electron chi connectivity index (χ4n) is 3.54. The molecule has 0 aromatic carbocycles. The maximum Gasteiger partial charge on any atom is 0.319 e. The van der Waals surface area contributed by atoms with Crippen molar-refractivity contribution in [2.24, 2.45) is 11.3 Å². The Hall–Kier alpha value is -1.85. The molecule has 3 aliphatic rings. The summed E-state index contributed by atoms with van der Waals surface area (Å²) in [6, 6.07) is 0.0374. The Morgan fingerprint density at radius 2 is 2.14 bits per heavy atom. The second kappa shape index (κ2) is 5.41. The highest BCUT2D eigenvalue weighted by Crippen LogP contribution is 2.38. The molecule has 2 aliphatic carbocycles. The van der Waals surface area contributed by atoms with E-state index < -0.39 is 17.3 Å². The minimum Gasteiger partial charge on any atom is -0.480 e. The number of hydrogen-bond acceptors (Lipinski definition) is 3. The molecule has 0 radical (unpaired) electrons. The molecule has 2 fully saturated rings. The van der Waals surface area contributed by atoms with E-state index in [2.05, 4.69) is 12.2 Å². The number of carboxylic acids is 1. The second-order valence-corrected chi connectivity index (χ2v) is 6.80. The highest BCUT2D eigenvalue weighted by atomic mass is 16.4. The van der Waals surface area contributed by atoms with Crippen molar-refractivity contribution in [1.29, 1.82) is 0 Å². The predicted molar refractivity (Wildman–Crippen MR) is 78.9 cm³/mol. The van der Waals surface area contributed by atoms with Crippen LogP contribution in [-0.4, -0.2) is 46.4 Å². The first-order chi connectivity index (χ1) is 10.4. The molecule has 1 aliphatic heterocycles. The molecule has 22 heavy (non-hydrogen) atoms. The predicted octanol–water partition coefficient (Wildman–Crippen LogP) is 0.923. The number of nitrogens with zero attached hydrogens (tertiary/aromatic N) is 1. The Morgan fingerprint density at radius 3 is 2.68 bits per heavy atom. The lowest BCUT2D eigenvalue weighted by Crippen LogP contribution is -2.50. The molecule has 0 bridgehead atoms. The molecule has 3 rings (SSSR count). The van der Waals surface area contributed by atoms with Crippen molar-refractivity contribution < 1.29 is 19.5 Å². The molecule has 0 aromatic heterocycles. The largest absolute Gasteiger partial charge is 0.480 e. The lowest BCUT2D eigenvalue weighted by Gasteiger charge is -2.30. The molecule has 6 nitrogen and oxygen atoms in total. The number of likely N-dealkylation sites (tertiary alicyclic amines) is 1. The van der Waals surface area contributed by atoms with Gasteiger partial charge in [0.1, 0.15) is 5.41 Å². The van der Waals surface area contributed by atoms with Gasteiger partial charge in [-0.05, 0) is 31.6 Å². The lowest BCUT2D eigenvalue weighted by atomic mass is 9.76. The van der Waals surface area contributed by atoms with E-state index in [0.29, 0.717) is 31.3 Å². The summed E-state index contributed by atoms with van der Waals surface area (Å²) in [7, 11) is 0. The van der Waals surface area contributed by atoms with E-state index >= 15 is 0 Å². The van der Waals surface area contributed by atoms with E-state index in [-0.39, 0.29) is 24.8 Å². The SMILES string of the molecule is CC1CC1N1CC(NC(=O)C2(C(=O)O)CC=CCC2)CC1=O. The van der Waals surface area contributed by atoms with Crippen LogP contribution in [0.4, 0.5) is 0 Å². The third kappa shape index (κ3) is 2.51. The normalized spacial score (nSPS) is 37.2. The minimum absolute atomic E-state index is 0.0626. The minimum atomic E-state index is -1.38. The van der Waals surface area contributed by atoms with E-state index in [1.54, 1.807) is 6.08 Å². The zero-order valence-corrected chi connectivity index (χ0v) is 12.7. The Labute approximate surface area is 129 Å². The van der Waals surface area contributed by atoms with Crippen LogP contribution >= 0.6 is 0 Å². The zero-order chi connectivity index (χ0) is 15.9. The van der Waals surface area contributed by atoms with E-state index in [9.17, 15) is 19.5 Å². The van der Waals surface area contributed by atoms with Crippen molar-refractivity contribution in [2.45, 2.75) is 51.1 Å². The number of nitrogens with one attached hydrogen (secondary N) is 1. The fourth-order valence-corrected chi connectivity index (χ4v) is 3.54. The van der Waals surface area contributed by atoms with Gasteiger partial charge in [-0.1, -0.05) is 19.1 Å². The van der Waals surface area contributed by atoms with E-state index in [1.165, 1.54) is 0 Å². The average molecular weight is 306 g/mol. The number of carbonyl (C=O) groups excluding carboxylic acids is 2. The molecule has 4 atom stereocenters. The Balaban J connectivity index is 1.65. The number of rotatable bonds is 4. The van der Waals surface area contributed by atoms with Gasteiger partial charge in [0.25, 0.3) is 0 Å². The third-order valence-corrected chi connectivity index (χ3v) is 5.18. The van der Waals surface area contributed by atoms with Crippen LogP contribution in [-0.2, 0) is 14.4 Å². The van der Waals surface area contributed by atoms with Gasteiger partial charge in [-0.3, -0.25) is 14.4 Å². The first kappa shape index (κ1) is 15.1. The molecule has 0 spiro atoms. The van der Waals surface area contributed by atoms with Crippen molar-refractivity contribution in [3.63, 3.8) is 0 Å². The summed E-state index contributed by atoms with van der Waals surface area (Å²) >= 11 is 0. The van der Waals surface area contributed by atoms with Gasteiger partial charge in [0, 0.05) is 19.0 Å². The van der Waals surface area contributed by atoms with E-state index in [0.717, 1.165) is 6.42 Å². The molecule has 4 unspecified atom stereocenters. The van der Waals surface area contributed by atoms with Crippen LogP contribution in [0.25, 0.3) is 0 Å². The quantitative estimate of drug-likeness (QED) is 0.597. The first-order valence-corrected chi connectivity index (χ1v) is 7.93. The number of carboxylic acid groups (broad SMARTS) is 1. The Bertz CT molecular complexity index is 544. The van der Waals surface area contributed by atoms with Gasteiger partial charge >= 0.3 is 5.97 Å². The molecule has 2 N–H and O–H groups in total. The summed E-state index contributed by atoms with van der Waals surface area (Å²) < 4.78 is 0. The van der Waals surface area contributed by atoms with Gasteiger partial charge < -0.3 is 15.3 Å². The van der Waals surface area contributed by atoms with Crippen LogP contribution < -0.4 is 5.32 Å². The van der Waals surface area contributed by atoms with Crippen molar-refractivity contribution >= 4 is 17.8 Å².